The van der Waals surface area contributed by atoms with Gasteiger partial charge in [-0.3, -0.25) is 4.79 Å². The van der Waals surface area contributed by atoms with Gasteiger partial charge in [-0.05, 0) is 54.9 Å². The predicted octanol–water partition coefficient (Wildman–Crippen LogP) is 5.25. The normalized spacial score (nSPS) is 22.1. The van der Waals surface area contributed by atoms with Crippen LogP contribution in [0.2, 0.25) is 0 Å². The summed E-state index contributed by atoms with van der Waals surface area (Å²) in [7, 11) is 1.86. The molecule has 0 heterocycles. The summed E-state index contributed by atoms with van der Waals surface area (Å²) in [5.41, 5.74) is 3.97. The average molecular weight is 363 g/mol. The van der Waals surface area contributed by atoms with E-state index in [1.54, 1.807) is 6.08 Å². The molecule has 1 aliphatic rings. The molecule has 1 aliphatic carbocycles. The summed E-state index contributed by atoms with van der Waals surface area (Å²) in [6.07, 6.45) is 6.46. The van der Waals surface area contributed by atoms with E-state index in [4.69, 9.17) is 0 Å². The smallest absolute Gasteiger partial charge is 0.251 e. The maximum absolute atomic E-state index is 12.8. The van der Waals surface area contributed by atoms with Crippen molar-refractivity contribution in [1.82, 2.24) is 5.32 Å². The number of amides is 1. The first-order chi connectivity index (χ1) is 13.1. The largest absolute Gasteiger partial charge is 0.388 e. The first-order valence-corrected chi connectivity index (χ1v) is 9.86. The van der Waals surface area contributed by atoms with E-state index in [0.717, 1.165) is 30.0 Å². The molecule has 3 heteroatoms. The van der Waals surface area contributed by atoms with E-state index >= 15 is 0 Å². The Bertz CT molecular complexity index is 789. The number of carbonyl (C=O) groups excluding carboxylic acids is 1. The van der Waals surface area contributed by atoms with E-state index in [2.05, 4.69) is 54.5 Å². The number of rotatable bonds is 6. The molecule has 0 aliphatic heterocycles. The SMILES string of the molecule is C=Cc1ccc(C(=O)NCC2(c3ccccc3)CCC(C)CC2)cc1NC. The standard InChI is InChI=1S/C24H30N2O/c1-4-19-10-11-20(16-22(19)25-3)23(27)26-17-24(14-12-18(2)13-15-24)21-8-6-5-7-9-21/h4-11,16,18,25H,1,12-15,17H2,2-3H3,(H,26,27). The highest BCUT2D eigenvalue weighted by molar-refractivity contribution is 5.95. The third-order valence-electron chi connectivity index (χ3n) is 6.01. The van der Waals surface area contributed by atoms with E-state index in [1.807, 2.05) is 25.2 Å². The molecule has 0 spiro atoms. The molecule has 27 heavy (non-hydrogen) atoms. The topological polar surface area (TPSA) is 41.1 Å². The number of hydrogen-bond acceptors (Lipinski definition) is 2. The molecule has 0 atom stereocenters. The Morgan fingerprint density at radius 1 is 1.19 bits per heavy atom. The summed E-state index contributed by atoms with van der Waals surface area (Å²) in [4.78, 5) is 12.8. The van der Waals surface area contributed by atoms with Gasteiger partial charge in [0.1, 0.15) is 0 Å². The maximum Gasteiger partial charge on any atom is 0.251 e. The van der Waals surface area contributed by atoms with Gasteiger partial charge in [0.25, 0.3) is 5.91 Å². The molecule has 2 aromatic rings. The summed E-state index contributed by atoms with van der Waals surface area (Å²) < 4.78 is 0. The number of carbonyl (C=O) groups is 1. The minimum atomic E-state index is -0.0176. The van der Waals surface area contributed by atoms with Crippen LogP contribution in [0.25, 0.3) is 6.08 Å². The lowest BCUT2D eigenvalue weighted by Crippen LogP contribution is -2.43. The van der Waals surface area contributed by atoms with Crippen LogP contribution in [0.4, 0.5) is 5.69 Å². The van der Waals surface area contributed by atoms with Gasteiger partial charge in [-0.15, -0.1) is 0 Å². The molecule has 0 aromatic heterocycles. The highest BCUT2D eigenvalue weighted by atomic mass is 16.1. The molecule has 1 fully saturated rings. The minimum Gasteiger partial charge on any atom is -0.388 e. The molecule has 1 saturated carbocycles. The van der Waals surface area contributed by atoms with E-state index < -0.39 is 0 Å². The van der Waals surface area contributed by atoms with Crippen LogP contribution in [0.15, 0.2) is 55.1 Å². The number of benzene rings is 2. The summed E-state index contributed by atoms with van der Waals surface area (Å²) in [6, 6.07) is 16.4. The Labute approximate surface area is 162 Å². The molecule has 0 saturated heterocycles. The fourth-order valence-corrected chi connectivity index (χ4v) is 4.12. The summed E-state index contributed by atoms with van der Waals surface area (Å²) in [5.74, 6) is 0.748. The summed E-state index contributed by atoms with van der Waals surface area (Å²) >= 11 is 0. The number of hydrogen-bond donors (Lipinski definition) is 2. The second-order valence-electron chi connectivity index (χ2n) is 7.77. The molecule has 3 nitrogen and oxygen atoms in total. The lowest BCUT2D eigenvalue weighted by Gasteiger charge is -2.40. The monoisotopic (exact) mass is 362 g/mol. The molecular weight excluding hydrogens is 332 g/mol. The van der Waals surface area contributed by atoms with E-state index in [0.29, 0.717) is 12.1 Å². The molecule has 0 bridgehead atoms. The third kappa shape index (κ3) is 4.24. The molecule has 142 valence electrons. The summed E-state index contributed by atoms with van der Waals surface area (Å²) in [5, 5.41) is 6.35. The quantitative estimate of drug-likeness (QED) is 0.737. The van der Waals surface area contributed by atoms with Crippen molar-refractivity contribution < 1.29 is 4.79 Å². The Morgan fingerprint density at radius 2 is 1.89 bits per heavy atom. The van der Waals surface area contributed by atoms with Gasteiger partial charge in [-0.1, -0.05) is 56.0 Å². The van der Waals surface area contributed by atoms with Crippen molar-refractivity contribution in [2.24, 2.45) is 5.92 Å². The van der Waals surface area contributed by atoms with Crippen molar-refractivity contribution in [2.45, 2.75) is 38.0 Å². The first-order valence-electron chi connectivity index (χ1n) is 9.86. The van der Waals surface area contributed by atoms with Gasteiger partial charge in [-0.2, -0.15) is 0 Å². The Kier molecular flexibility index (Phi) is 6.00. The predicted molar refractivity (Wildman–Crippen MR) is 114 cm³/mol. The average Bonchev–Trinajstić information content (AvgIpc) is 2.73. The molecular formula is C24H30N2O. The third-order valence-corrected chi connectivity index (χ3v) is 6.01. The second-order valence-corrected chi connectivity index (χ2v) is 7.77. The van der Waals surface area contributed by atoms with Gasteiger partial charge in [0, 0.05) is 30.3 Å². The van der Waals surface area contributed by atoms with Crippen LogP contribution in [-0.2, 0) is 5.41 Å². The molecule has 3 rings (SSSR count). The van der Waals surface area contributed by atoms with Gasteiger partial charge < -0.3 is 10.6 Å². The zero-order chi connectivity index (χ0) is 19.3. The lowest BCUT2D eigenvalue weighted by atomic mass is 9.67. The molecule has 2 aromatic carbocycles. The van der Waals surface area contributed by atoms with Crippen LogP contribution in [0.1, 0.15) is 54.1 Å². The van der Waals surface area contributed by atoms with E-state index in [-0.39, 0.29) is 11.3 Å². The van der Waals surface area contributed by atoms with Crippen LogP contribution >= 0.6 is 0 Å². The number of anilines is 1. The molecule has 0 unspecified atom stereocenters. The van der Waals surface area contributed by atoms with E-state index in [1.165, 1.54) is 18.4 Å². The van der Waals surface area contributed by atoms with Crippen molar-refractivity contribution in [1.29, 1.82) is 0 Å². The number of nitrogens with one attached hydrogen (secondary N) is 2. The van der Waals surface area contributed by atoms with Gasteiger partial charge in [0.05, 0.1) is 0 Å². The van der Waals surface area contributed by atoms with Crippen LogP contribution in [0.5, 0.6) is 0 Å². The fraction of sp³-hybridized carbons (Fsp3) is 0.375. The van der Waals surface area contributed by atoms with Gasteiger partial charge in [0.2, 0.25) is 0 Å². The van der Waals surface area contributed by atoms with Gasteiger partial charge in [-0.25, -0.2) is 0 Å². The van der Waals surface area contributed by atoms with Gasteiger partial charge >= 0.3 is 0 Å². The zero-order valence-electron chi connectivity index (χ0n) is 16.4. The van der Waals surface area contributed by atoms with Crippen LogP contribution in [-0.4, -0.2) is 19.5 Å². The first kappa shape index (κ1) is 19.2. The second kappa shape index (κ2) is 8.43. The highest BCUT2D eigenvalue weighted by Gasteiger charge is 2.36. The molecule has 1 amide bonds. The van der Waals surface area contributed by atoms with Crippen molar-refractivity contribution in [2.75, 3.05) is 18.9 Å². The maximum atomic E-state index is 12.8. The van der Waals surface area contributed by atoms with Gasteiger partial charge in [0.15, 0.2) is 0 Å². The van der Waals surface area contributed by atoms with Crippen molar-refractivity contribution >= 4 is 17.7 Å². The molecule has 0 radical (unpaired) electrons. The Balaban J connectivity index is 1.78. The fourth-order valence-electron chi connectivity index (χ4n) is 4.12. The Morgan fingerprint density at radius 3 is 2.52 bits per heavy atom. The van der Waals surface area contributed by atoms with Crippen molar-refractivity contribution in [3.63, 3.8) is 0 Å². The lowest BCUT2D eigenvalue weighted by molar-refractivity contribution is 0.0933. The molecule has 2 N–H and O–H groups in total. The highest BCUT2D eigenvalue weighted by Crippen LogP contribution is 2.41. The van der Waals surface area contributed by atoms with Crippen molar-refractivity contribution in [3.8, 4) is 0 Å². The van der Waals surface area contributed by atoms with Crippen LogP contribution < -0.4 is 10.6 Å². The Hall–Kier alpha value is -2.55. The zero-order valence-corrected chi connectivity index (χ0v) is 16.4. The van der Waals surface area contributed by atoms with E-state index in [9.17, 15) is 4.79 Å². The summed E-state index contributed by atoms with van der Waals surface area (Å²) in [6.45, 7) is 6.83. The van der Waals surface area contributed by atoms with Crippen molar-refractivity contribution in [3.05, 3.63) is 71.8 Å². The minimum absolute atomic E-state index is 0.0176. The van der Waals surface area contributed by atoms with Crippen LogP contribution in [0.3, 0.4) is 0 Å². The van der Waals surface area contributed by atoms with Crippen LogP contribution in [0, 0.1) is 5.92 Å².